The normalized spacial score (nSPS) is 10.8. The molecule has 0 aliphatic heterocycles. The van der Waals surface area contributed by atoms with Crippen LogP contribution in [0.4, 0.5) is 0 Å². The Kier molecular flexibility index (Phi) is 7.72. The number of pyridine rings is 1. The maximum absolute atomic E-state index is 11.9. The van der Waals surface area contributed by atoms with Crippen molar-refractivity contribution < 1.29 is 4.79 Å². The molecule has 0 spiro atoms. The van der Waals surface area contributed by atoms with Crippen LogP contribution in [0.15, 0.2) is 48.8 Å². The molecular formula is C19H24ClN3O. The molecule has 0 saturated heterocycles. The second-order valence-electron chi connectivity index (χ2n) is 5.89. The molecule has 128 valence electrons. The van der Waals surface area contributed by atoms with Crippen molar-refractivity contribution in [1.82, 2.24) is 15.2 Å². The van der Waals surface area contributed by atoms with E-state index in [0.717, 1.165) is 31.0 Å². The van der Waals surface area contributed by atoms with E-state index in [-0.39, 0.29) is 5.91 Å². The van der Waals surface area contributed by atoms with E-state index in [9.17, 15) is 4.79 Å². The predicted molar refractivity (Wildman–Crippen MR) is 98.2 cm³/mol. The van der Waals surface area contributed by atoms with E-state index in [0.29, 0.717) is 13.0 Å². The summed E-state index contributed by atoms with van der Waals surface area (Å²) in [5.74, 6) is 0.0970. The first-order valence-electron chi connectivity index (χ1n) is 8.22. The van der Waals surface area contributed by atoms with Gasteiger partial charge in [-0.05, 0) is 55.3 Å². The molecule has 1 amide bonds. The highest BCUT2D eigenvalue weighted by Crippen LogP contribution is 2.09. The van der Waals surface area contributed by atoms with Crippen molar-refractivity contribution in [2.24, 2.45) is 0 Å². The molecule has 0 saturated carbocycles. The van der Waals surface area contributed by atoms with Crippen LogP contribution in [0, 0.1) is 0 Å². The van der Waals surface area contributed by atoms with Gasteiger partial charge in [0.15, 0.2) is 0 Å². The van der Waals surface area contributed by atoms with Crippen LogP contribution in [-0.2, 0) is 17.6 Å². The Morgan fingerprint density at radius 1 is 1.04 bits per heavy atom. The lowest BCUT2D eigenvalue weighted by molar-refractivity contribution is -0.121. The Balaban J connectivity index is 1.57. The highest BCUT2D eigenvalue weighted by atomic mass is 35.5. The number of amides is 1. The summed E-state index contributed by atoms with van der Waals surface area (Å²) < 4.78 is 0. The molecule has 0 radical (unpaired) electrons. The SMILES string of the molecule is CN(CCC(=O)NCCc1ccc(Cl)cc1)CCc1ccncc1. The number of aromatic nitrogens is 1. The molecule has 1 aromatic heterocycles. The average Bonchev–Trinajstić information content (AvgIpc) is 2.61. The molecule has 4 nitrogen and oxygen atoms in total. The molecule has 24 heavy (non-hydrogen) atoms. The number of hydrogen-bond donors (Lipinski definition) is 1. The number of nitrogens with zero attached hydrogens (tertiary/aromatic N) is 2. The molecule has 2 aromatic rings. The molecule has 1 aromatic carbocycles. The third-order valence-corrected chi connectivity index (χ3v) is 4.15. The van der Waals surface area contributed by atoms with E-state index in [2.05, 4.69) is 15.2 Å². The fourth-order valence-corrected chi connectivity index (χ4v) is 2.49. The maximum atomic E-state index is 11.9. The third kappa shape index (κ3) is 7.11. The summed E-state index contributed by atoms with van der Waals surface area (Å²) in [6.45, 7) is 2.35. The summed E-state index contributed by atoms with van der Waals surface area (Å²) >= 11 is 5.85. The predicted octanol–water partition coefficient (Wildman–Crippen LogP) is 2.96. The van der Waals surface area contributed by atoms with Gasteiger partial charge in [-0.25, -0.2) is 0 Å². The van der Waals surface area contributed by atoms with E-state index in [1.807, 2.05) is 55.8 Å². The summed E-state index contributed by atoms with van der Waals surface area (Å²) in [5.41, 5.74) is 2.44. The Morgan fingerprint density at radius 2 is 1.71 bits per heavy atom. The van der Waals surface area contributed by atoms with Gasteiger partial charge >= 0.3 is 0 Å². The number of nitrogens with one attached hydrogen (secondary N) is 1. The van der Waals surface area contributed by atoms with Crippen LogP contribution in [0.1, 0.15) is 17.5 Å². The molecule has 1 heterocycles. The topological polar surface area (TPSA) is 45.2 Å². The summed E-state index contributed by atoms with van der Waals surface area (Å²) in [5, 5.41) is 3.70. The van der Waals surface area contributed by atoms with Gasteiger partial charge in [-0.15, -0.1) is 0 Å². The first-order valence-corrected chi connectivity index (χ1v) is 8.60. The minimum Gasteiger partial charge on any atom is -0.356 e. The minimum absolute atomic E-state index is 0.0970. The molecule has 5 heteroatoms. The lowest BCUT2D eigenvalue weighted by Crippen LogP contribution is -2.31. The maximum Gasteiger partial charge on any atom is 0.221 e. The van der Waals surface area contributed by atoms with Gasteiger partial charge in [0.05, 0.1) is 0 Å². The zero-order valence-corrected chi connectivity index (χ0v) is 14.8. The molecule has 0 unspecified atom stereocenters. The quantitative estimate of drug-likeness (QED) is 0.760. The summed E-state index contributed by atoms with van der Waals surface area (Å²) in [6.07, 6.45) is 5.93. The number of rotatable bonds is 9. The number of halogens is 1. The molecule has 1 N–H and O–H groups in total. The monoisotopic (exact) mass is 345 g/mol. The van der Waals surface area contributed by atoms with Gasteiger partial charge < -0.3 is 10.2 Å². The molecule has 0 aliphatic rings. The lowest BCUT2D eigenvalue weighted by Gasteiger charge is -2.16. The van der Waals surface area contributed by atoms with E-state index >= 15 is 0 Å². The zero-order chi connectivity index (χ0) is 17.2. The zero-order valence-electron chi connectivity index (χ0n) is 14.0. The van der Waals surface area contributed by atoms with Crippen molar-refractivity contribution in [1.29, 1.82) is 0 Å². The van der Waals surface area contributed by atoms with E-state index in [1.165, 1.54) is 11.1 Å². The molecule has 0 aliphatic carbocycles. The highest BCUT2D eigenvalue weighted by molar-refractivity contribution is 6.30. The Hall–Kier alpha value is -1.91. The summed E-state index contributed by atoms with van der Waals surface area (Å²) in [7, 11) is 2.04. The van der Waals surface area contributed by atoms with Crippen molar-refractivity contribution >= 4 is 17.5 Å². The van der Waals surface area contributed by atoms with Gasteiger partial charge in [0, 0.05) is 43.5 Å². The van der Waals surface area contributed by atoms with Crippen LogP contribution in [-0.4, -0.2) is 42.5 Å². The van der Waals surface area contributed by atoms with E-state index in [4.69, 9.17) is 11.6 Å². The first kappa shape index (κ1) is 18.4. The number of carbonyl (C=O) groups is 1. The molecule has 0 fully saturated rings. The molecule has 2 rings (SSSR count). The van der Waals surface area contributed by atoms with Crippen LogP contribution < -0.4 is 5.32 Å². The van der Waals surface area contributed by atoms with Crippen molar-refractivity contribution in [2.75, 3.05) is 26.7 Å². The molecule has 0 bridgehead atoms. The fraction of sp³-hybridized carbons (Fsp3) is 0.368. The van der Waals surface area contributed by atoms with Gasteiger partial charge in [-0.2, -0.15) is 0 Å². The Bertz CT molecular complexity index is 616. The molecule has 0 atom stereocenters. The van der Waals surface area contributed by atoms with Crippen LogP contribution in [0.25, 0.3) is 0 Å². The standard InChI is InChI=1S/C19H24ClN3O/c1-23(14-9-17-6-11-21-12-7-17)15-10-19(24)22-13-8-16-2-4-18(20)5-3-16/h2-7,11-12H,8-10,13-15H2,1H3,(H,22,24). The van der Waals surface area contributed by atoms with Crippen LogP contribution in [0.3, 0.4) is 0 Å². The first-order chi connectivity index (χ1) is 11.6. The fourth-order valence-electron chi connectivity index (χ4n) is 2.36. The Morgan fingerprint density at radius 3 is 2.42 bits per heavy atom. The number of likely N-dealkylation sites (N-methyl/N-ethyl adjacent to an activating group) is 1. The van der Waals surface area contributed by atoms with Crippen LogP contribution >= 0.6 is 11.6 Å². The Labute approximate surface area is 148 Å². The number of benzene rings is 1. The van der Waals surface area contributed by atoms with Crippen molar-refractivity contribution in [3.8, 4) is 0 Å². The van der Waals surface area contributed by atoms with Crippen molar-refractivity contribution in [3.05, 3.63) is 64.9 Å². The number of hydrogen-bond acceptors (Lipinski definition) is 3. The van der Waals surface area contributed by atoms with Crippen LogP contribution in [0.2, 0.25) is 5.02 Å². The van der Waals surface area contributed by atoms with Gasteiger partial charge in [-0.3, -0.25) is 9.78 Å². The van der Waals surface area contributed by atoms with E-state index in [1.54, 1.807) is 0 Å². The second kappa shape index (κ2) is 10.1. The second-order valence-corrected chi connectivity index (χ2v) is 6.32. The van der Waals surface area contributed by atoms with Gasteiger partial charge in [0.25, 0.3) is 0 Å². The smallest absolute Gasteiger partial charge is 0.221 e. The van der Waals surface area contributed by atoms with E-state index < -0.39 is 0 Å². The number of carbonyl (C=O) groups excluding carboxylic acids is 1. The summed E-state index contributed by atoms with van der Waals surface area (Å²) in [6, 6.07) is 11.8. The van der Waals surface area contributed by atoms with Crippen molar-refractivity contribution in [2.45, 2.75) is 19.3 Å². The largest absolute Gasteiger partial charge is 0.356 e. The minimum atomic E-state index is 0.0970. The highest BCUT2D eigenvalue weighted by Gasteiger charge is 2.05. The third-order valence-electron chi connectivity index (χ3n) is 3.90. The van der Waals surface area contributed by atoms with Crippen molar-refractivity contribution in [3.63, 3.8) is 0 Å². The van der Waals surface area contributed by atoms with Gasteiger partial charge in [-0.1, -0.05) is 23.7 Å². The van der Waals surface area contributed by atoms with Gasteiger partial charge in [0.2, 0.25) is 5.91 Å². The average molecular weight is 346 g/mol. The van der Waals surface area contributed by atoms with Crippen LogP contribution in [0.5, 0.6) is 0 Å². The van der Waals surface area contributed by atoms with Gasteiger partial charge in [0.1, 0.15) is 0 Å². The lowest BCUT2D eigenvalue weighted by atomic mass is 10.1. The molecular weight excluding hydrogens is 322 g/mol. The summed E-state index contributed by atoms with van der Waals surface area (Å²) in [4.78, 5) is 18.1.